The summed E-state index contributed by atoms with van der Waals surface area (Å²) in [5.41, 5.74) is 0.375. The molecule has 0 radical (unpaired) electrons. The van der Waals surface area contributed by atoms with Gasteiger partial charge in [0, 0.05) is 5.97 Å². The van der Waals surface area contributed by atoms with Crippen molar-refractivity contribution in [3.63, 3.8) is 0 Å². The molecular weight excluding hydrogens is 212 g/mol. The number of unbranched alkanes of at least 4 members (excludes halogenated alkanes) is 4. The molecule has 1 aliphatic rings. The lowest BCUT2D eigenvalue weighted by Gasteiger charge is -2.03. The van der Waals surface area contributed by atoms with Gasteiger partial charge >= 0.3 is 0 Å². The van der Waals surface area contributed by atoms with Crippen molar-refractivity contribution < 1.29 is 9.90 Å². The Morgan fingerprint density at radius 2 is 1.65 bits per heavy atom. The van der Waals surface area contributed by atoms with E-state index in [1.807, 2.05) is 0 Å². The molecule has 0 aromatic rings. The van der Waals surface area contributed by atoms with Gasteiger partial charge in [-0.2, -0.15) is 0 Å². The summed E-state index contributed by atoms with van der Waals surface area (Å²) in [5.74, 6) is 0.476. The SMILES string of the molecule is CCCCCCCC1C(CCC(=O)[O-])C1(C)C. The Labute approximate surface area is 106 Å². The van der Waals surface area contributed by atoms with E-state index in [1.54, 1.807) is 0 Å². The largest absolute Gasteiger partial charge is 0.550 e. The van der Waals surface area contributed by atoms with Gasteiger partial charge in [0.05, 0.1) is 0 Å². The van der Waals surface area contributed by atoms with Crippen LogP contribution in [-0.4, -0.2) is 5.97 Å². The number of carboxylic acids is 1. The molecular formula is C15H27O2-. The highest BCUT2D eigenvalue weighted by molar-refractivity contribution is 5.64. The summed E-state index contributed by atoms with van der Waals surface area (Å²) in [6.45, 7) is 6.80. The molecule has 2 unspecified atom stereocenters. The van der Waals surface area contributed by atoms with Crippen molar-refractivity contribution in [1.29, 1.82) is 0 Å². The van der Waals surface area contributed by atoms with Crippen LogP contribution >= 0.6 is 0 Å². The highest BCUT2D eigenvalue weighted by atomic mass is 16.4. The molecule has 0 N–H and O–H groups in total. The van der Waals surface area contributed by atoms with E-state index in [1.165, 1.54) is 38.5 Å². The van der Waals surface area contributed by atoms with E-state index in [-0.39, 0.29) is 6.42 Å². The van der Waals surface area contributed by atoms with Crippen molar-refractivity contribution in [3.8, 4) is 0 Å². The van der Waals surface area contributed by atoms with Crippen molar-refractivity contribution in [2.24, 2.45) is 17.3 Å². The molecule has 2 heteroatoms. The first kappa shape index (κ1) is 14.5. The second kappa shape index (κ2) is 6.42. The minimum Gasteiger partial charge on any atom is -0.550 e. The Balaban J connectivity index is 2.14. The normalized spacial score (nSPS) is 25.8. The molecule has 17 heavy (non-hydrogen) atoms. The molecule has 1 rings (SSSR count). The average molecular weight is 239 g/mol. The zero-order chi connectivity index (χ0) is 12.9. The number of carboxylic acid groups (broad SMARTS) is 1. The summed E-state index contributed by atoms with van der Waals surface area (Å²) in [7, 11) is 0. The van der Waals surface area contributed by atoms with Gasteiger partial charge in [0.15, 0.2) is 0 Å². The van der Waals surface area contributed by atoms with Crippen LogP contribution in [0.2, 0.25) is 0 Å². The summed E-state index contributed by atoms with van der Waals surface area (Å²) < 4.78 is 0. The highest BCUT2D eigenvalue weighted by Crippen LogP contribution is 2.62. The van der Waals surface area contributed by atoms with E-state index in [9.17, 15) is 9.90 Å². The second-order valence-electron chi connectivity index (χ2n) is 6.15. The Morgan fingerprint density at radius 3 is 2.24 bits per heavy atom. The second-order valence-corrected chi connectivity index (χ2v) is 6.15. The molecule has 0 spiro atoms. The van der Waals surface area contributed by atoms with Gasteiger partial charge in [-0.1, -0.05) is 52.9 Å². The fraction of sp³-hybridized carbons (Fsp3) is 0.933. The maximum absolute atomic E-state index is 10.5. The highest BCUT2D eigenvalue weighted by Gasteiger charge is 2.55. The van der Waals surface area contributed by atoms with E-state index in [2.05, 4.69) is 20.8 Å². The van der Waals surface area contributed by atoms with Gasteiger partial charge in [-0.15, -0.1) is 0 Å². The van der Waals surface area contributed by atoms with Crippen molar-refractivity contribution in [3.05, 3.63) is 0 Å². The lowest BCUT2D eigenvalue weighted by atomic mass is 10.0. The molecule has 0 aliphatic heterocycles. The summed E-state index contributed by atoms with van der Waals surface area (Å²) in [6.07, 6.45) is 8.99. The number of hydrogen-bond acceptors (Lipinski definition) is 2. The van der Waals surface area contributed by atoms with E-state index in [4.69, 9.17) is 0 Å². The molecule has 0 aromatic heterocycles. The van der Waals surface area contributed by atoms with E-state index in [0.29, 0.717) is 11.3 Å². The number of hydrogen-bond donors (Lipinski definition) is 0. The standard InChI is InChI=1S/C15H28O2/c1-4-5-6-7-8-9-12-13(15(12,2)3)10-11-14(16)17/h12-13H,4-11H2,1-3H3,(H,16,17)/p-1. The van der Waals surface area contributed by atoms with Crippen molar-refractivity contribution in [2.75, 3.05) is 0 Å². The third-order valence-corrected chi connectivity index (χ3v) is 4.57. The maximum Gasteiger partial charge on any atom is 0.0414 e. The lowest BCUT2D eigenvalue weighted by Crippen LogP contribution is -2.21. The summed E-state index contributed by atoms with van der Waals surface area (Å²) >= 11 is 0. The van der Waals surface area contributed by atoms with Gasteiger partial charge in [-0.05, 0) is 36.5 Å². The molecule has 0 heterocycles. The molecule has 0 bridgehead atoms. The minimum atomic E-state index is -0.894. The smallest absolute Gasteiger partial charge is 0.0414 e. The number of carbonyl (C=O) groups excluding carboxylic acids is 1. The van der Waals surface area contributed by atoms with Crippen molar-refractivity contribution in [2.45, 2.75) is 72.1 Å². The molecule has 0 amide bonds. The molecule has 100 valence electrons. The fourth-order valence-corrected chi connectivity index (χ4v) is 3.25. The third-order valence-electron chi connectivity index (χ3n) is 4.57. The predicted molar refractivity (Wildman–Crippen MR) is 68.4 cm³/mol. The van der Waals surface area contributed by atoms with Crippen LogP contribution in [0.25, 0.3) is 0 Å². The molecule has 2 atom stereocenters. The Bertz CT molecular complexity index is 245. The van der Waals surface area contributed by atoms with E-state index < -0.39 is 5.97 Å². The molecule has 0 saturated heterocycles. The van der Waals surface area contributed by atoms with Gasteiger partial charge in [-0.3, -0.25) is 0 Å². The zero-order valence-corrected chi connectivity index (χ0v) is 11.6. The number of carbonyl (C=O) groups is 1. The number of aliphatic carboxylic acids is 1. The maximum atomic E-state index is 10.5. The molecule has 2 nitrogen and oxygen atoms in total. The van der Waals surface area contributed by atoms with Gasteiger partial charge in [-0.25, -0.2) is 0 Å². The Morgan fingerprint density at radius 1 is 1.06 bits per heavy atom. The van der Waals surface area contributed by atoms with Gasteiger partial charge in [0.2, 0.25) is 0 Å². The Kier molecular flexibility index (Phi) is 5.48. The first-order valence-corrected chi connectivity index (χ1v) is 7.20. The van der Waals surface area contributed by atoms with Crippen LogP contribution in [0.4, 0.5) is 0 Å². The molecule has 1 saturated carbocycles. The van der Waals surface area contributed by atoms with Crippen LogP contribution in [-0.2, 0) is 4.79 Å². The van der Waals surface area contributed by atoms with Gasteiger partial charge < -0.3 is 9.90 Å². The summed E-state index contributed by atoms with van der Waals surface area (Å²) in [6, 6.07) is 0. The third kappa shape index (κ3) is 4.33. The first-order valence-electron chi connectivity index (χ1n) is 7.20. The first-order chi connectivity index (χ1) is 8.00. The van der Waals surface area contributed by atoms with Gasteiger partial charge in [0.25, 0.3) is 0 Å². The van der Waals surface area contributed by atoms with Crippen LogP contribution in [0.3, 0.4) is 0 Å². The topological polar surface area (TPSA) is 40.1 Å². The van der Waals surface area contributed by atoms with E-state index >= 15 is 0 Å². The molecule has 1 aliphatic carbocycles. The van der Waals surface area contributed by atoms with Crippen LogP contribution in [0, 0.1) is 17.3 Å². The van der Waals surface area contributed by atoms with E-state index in [0.717, 1.165) is 12.3 Å². The fourth-order valence-electron chi connectivity index (χ4n) is 3.25. The monoisotopic (exact) mass is 239 g/mol. The number of rotatable bonds is 9. The summed E-state index contributed by atoms with van der Waals surface area (Å²) in [5, 5.41) is 10.5. The van der Waals surface area contributed by atoms with Crippen LogP contribution in [0.1, 0.15) is 72.1 Å². The zero-order valence-electron chi connectivity index (χ0n) is 11.6. The predicted octanol–water partition coefficient (Wildman–Crippen LogP) is 3.15. The molecule has 1 fully saturated rings. The Hall–Kier alpha value is -0.530. The van der Waals surface area contributed by atoms with Gasteiger partial charge in [0.1, 0.15) is 0 Å². The lowest BCUT2D eigenvalue weighted by molar-refractivity contribution is -0.305. The average Bonchev–Trinajstić information content (AvgIpc) is 2.77. The quantitative estimate of drug-likeness (QED) is 0.580. The van der Waals surface area contributed by atoms with Crippen molar-refractivity contribution >= 4 is 5.97 Å². The summed E-state index contributed by atoms with van der Waals surface area (Å²) in [4.78, 5) is 10.5. The molecule has 0 aromatic carbocycles. The van der Waals surface area contributed by atoms with Crippen LogP contribution in [0.5, 0.6) is 0 Å². The minimum absolute atomic E-state index is 0.237. The van der Waals surface area contributed by atoms with Crippen LogP contribution in [0.15, 0.2) is 0 Å². The van der Waals surface area contributed by atoms with Crippen molar-refractivity contribution in [1.82, 2.24) is 0 Å². The van der Waals surface area contributed by atoms with Crippen LogP contribution < -0.4 is 5.11 Å².